The van der Waals surface area contributed by atoms with Crippen LogP contribution in [0.5, 0.6) is 5.75 Å². The molecule has 0 aliphatic rings. The van der Waals surface area contributed by atoms with Gasteiger partial charge in [0.05, 0.1) is 22.9 Å². The van der Waals surface area contributed by atoms with Gasteiger partial charge in [-0.15, -0.1) is 0 Å². The molecule has 0 radical (unpaired) electrons. The van der Waals surface area contributed by atoms with Crippen LogP contribution in [-0.4, -0.2) is 5.91 Å². The second kappa shape index (κ2) is 5.76. The lowest BCUT2D eigenvalue weighted by atomic mass is 10.1. The zero-order valence-corrected chi connectivity index (χ0v) is 10.7. The molecule has 0 atom stereocenters. The summed E-state index contributed by atoms with van der Waals surface area (Å²) in [5.41, 5.74) is 13.1. The molecule has 2 aromatic carbocycles. The van der Waals surface area contributed by atoms with E-state index in [-0.39, 0.29) is 17.9 Å². The van der Waals surface area contributed by atoms with Crippen molar-refractivity contribution >= 4 is 11.6 Å². The van der Waals surface area contributed by atoms with Crippen LogP contribution in [0.15, 0.2) is 42.5 Å². The maximum Gasteiger partial charge on any atom is 0.252 e. The fourth-order valence-corrected chi connectivity index (χ4v) is 1.74. The van der Waals surface area contributed by atoms with E-state index in [0.29, 0.717) is 11.3 Å². The Kier molecular flexibility index (Phi) is 3.87. The van der Waals surface area contributed by atoms with Crippen molar-refractivity contribution in [1.29, 1.82) is 5.26 Å². The predicted molar refractivity (Wildman–Crippen MR) is 74.9 cm³/mol. The number of carbonyl (C=O) groups excluding carboxylic acids is 1. The molecule has 0 saturated heterocycles. The Morgan fingerprint density at radius 3 is 2.50 bits per heavy atom. The molecular weight excluding hydrogens is 254 g/mol. The molecule has 0 aliphatic carbocycles. The molecule has 0 unspecified atom stereocenters. The van der Waals surface area contributed by atoms with Crippen LogP contribution in [0.1, 0.15) is 21.5 Å². The van der Waals surface area contributed by atoms with Crippen LogP contribution in [0, 0.1) is 11.3 Å². The molecule has 0 aliphatic heterocycles. The molecule has 0 heterocycles. The number of hydrogen-bond donors (Lipinski definition) is 2. The lowest BCUT2D eigenvalue weighted by molar-refractivity contribution is 0.0996. The largest absolute Gasteiger partial charge is 0.486 e. The highest BCUT2D eigenvalue weighted by atomic mass is 16.5. The number of amides is 1. The number of nitrogens with two attached hydrogens (primary N) is 2. The monoisotopic (exact) mass is 267 g/mol. The highest BCUT2D eigenvalue weighted by Gasteiger charge is 2.12. The SMILES string of the molecule is N#Cc1ccc(COc2c(N)cccc2C(N)=O)cc1. The fraction of sp³-hybridized carbons (Fsp3) is 0.0667. The first-order valence-corrected chi connectivity index (χ1v) is 5.92. The van der Waals surface area contributed by atoms with Gasteiger partial charge in [-0.2, -0.15) is 5.26 Å². The number of nitrogens with zero attached hydrogens (tertiary/aromatic N) is 1. The topological polar surface area (TPSA) is 102 Å². The van der Waals surface area contributed by atoms with Gasteiger partial charge in [0.2, 0.25) is 0 Å². The maximum absolute atomic E-state index is 11.3. The van der Waals surface area contributed by atoms with E-state index in [2.05, 4.69) is 0 Å². The van der Waals surface area contributed by atoms with Crippen molar-refractivity contribution in [2.24, 2.45) is 5.73 Å². The zero-order chi connectivity index (χ0) is 14.5. The van der Waals surface area contributed by atoms with Gasteiger partial charge in [0.25, 0.3) is 5.91 Å². The Hall–Kier alpha value is -3.00. The number of benzene rings is 2. The van der Waals surface area contributed by atoms with Gasteiger partial charge in [-0.05, 0) is 29.8 Å². The number of hydrogen-bond acceptors (Lipinski definition) is 4. The van der Waals surface area contributed by atoms with Gasteiger partial charge in [0.15, 0.2) is 5.75 Å². The van der Waals surface area contributed by atoms with Crippen molar-refractivity contribution in [2.45, 2.75) is 6.61 Å². The van der Waals surface area contributed by atoms with Gasteiger partial charge in [0, 0.05) is 0 Å². The van der Waals surface area contributed by atoms with E-state index < -0.39 is 5.91 Å². The van der Waals surface area contributed by atoms with Crippen LogP contribution in [0.25, 0.3) is 0 Å². The Morgan fingerprint density at radius 2 is 1.90 bits per heavy atom. The first kappa shape index (κ1) is 13.4. The first-order valence-electron chi connectivity index (χ1n) is 5.92. The maximum atomic E-state index is 11.3. The lowest BCUT2D eigenvalue weighted by Gasteiger charge is -2.12. The summed E-state index contributed by atoms with van der Waals surface area (Å²) in [6.07, 6.45) is 0. The van der Waals surface area contributed by atoms with Crippen LogP contribution >= 0.6 is 0 Å². The van der Waals surface area contributed by atoms with E-state index >= 15 is 0 Å². The van der Waals surface area contributed by atoms with Gasteiger partial charge in [-0.25, -0.2) is 0 Å². The zero-order valence-electron chi connectivity index (χ0n) is 10.7. The summed E-state index contributed by atoms with van der Waals surface area (Å²) in [5, 5.41) is 8.72. The summed E-state index contributed by atoms with van der Waals surface area (Å²) in [7, 11) is 0. The number of ether oxygens (including phenoxy) is 1. The van der Waals surface area contributed by atoms with Crippen LogP contribution in [-0.2, 0) is 6.61 Å². The Morgan fingerprint density at radius 1 is 1.20 bits per heavy atom. The van der Waals surface area contributed by atoms with Gasteiger partial charge in [0.1, 0.15) is 6.61 Å². The minimum Gasteiger partial charge on any atom is -0.486 e. The van der Waals surface area contributed by atoms with Crippen molar-refractivity contribution in [3.8, 4) is 11.8 Å². The summed E-state index contributed by atoms with van der Waals surface area (Å²) < 4.78 is 5.58. The number of primary amides is 1. The molecule has 5 nitrogen and oxygen atoms in total. The Labute approximate surface area is 116 Å². The van der Waals surface area contributed by atoms with Gasteiger partial charge < -0.3 is 16.2 Å². The number of anilines is 1. The van der Waals surface area contributed by atoms with E-state index in [1.807, 2.05) is 6.07 Å². The van der Waals surface area contributed by atoms with Crippen molar-refractivity contribution in [2.75, 3.05) is 5.73 Å². The number of para-hydroxylation sites is 1. The van der Waals surface area contributed by atoms with E-state index in [1.54, 1.807) is 42.5 Å². The van der Waals surface area contributed by atoms with Crippen LogP contribution in [0.4, 0.5) is 5.69 Å². The minimum absolute atomic E-state index is 0.236. The van der Waals surface area contributed by atoms with Crippen molar-refractivity contribution in [3.63, 3.8) is 0 Å². The highest BCUT2D eigenvalue weighted by Crippen LogP contribution is 2.26. The third-order valence-electron chi connectivity index (χ3n) is 2.78. The molecule has 0 saturated carbocycles. The summed E-state index contributed by atoms with van der Waals surface area (Å²) >= 11 is 0. The van der Waals surface area contributed by atoms with Gasteiger partial charge >= 0.3 is 0 Å². The second-order valence-electron chi connectivity index (χ2n) is 4.19. The minimum atomic E-state index is -0.591. The Balaban J connectivity index is 2.18. The summed E-state index contributed by atoms with van der Waals surface area (Å²) in [6, 6.07) is 13.8. The highest BCUT2D eigenvalue weighted by molar-refractivity contribution is 5.97. The number of carbonyl (C=O) groups is 1. The molecule has 1 amide bonds. The third kappa shape index (κ3) is 2.87. The van der Waals surface area contributed by atoms with E-state index in [4.69, 9.17) is 21.5 Å². The molecule has 4 N–H and O–H groups in total. The molecule has 20 heavy (non-hydrogen) atoms. The average Bonchev–Trinajstić information content (AvgIpc) is 2.46. The van der Waals surface area contributed by atoms with Gasteiger partial charge in [-0.3, -0.25) is 4.79 Å². The standard InChI is InChI=1S/C15H13N3O2/c16-8-10-4-6-11(7-5-10)9-20-14-12(15(18)19)2-1-3-13(14)17/h1-7H,9,17H2,(H2,18,19). The van der Waals surface area contributed by atoms with Gasteiger partial charge in [-0.1, -0.05) is 18.2 Å². The molecule has 0 spiro atoms. The smallest absolute Gasteiger partial charge is 0.252 e. The molecule has 100 valence electrons. The number of nitriles is 1. The molecular formula is C15H13N3O2. The molecule has 0 bridgehead atoms. The van der Waals surface area contributed by atoms with Crippen LogP contribution < -0.4 is 16.2 Å². The molecule has 5 heteroatoms. The Bertz CT molecular complexity index is 673. The molecule has 0 fully saturated rings. The van der Waals surface area contributed by atoms with Crippen LogP contribution in [0.3, 0.4) is 0 Å². The number of nitrogen functional groups attached to an aromatic ring is 1. The number of rotatable bonds is 4. The van der Waals surface area contributed by atoms with E-state index in [1.165, 1.54) is 0 Å². The summed E-state index contributed by atoms with van der Waals surface area (Å²) in [6.45, 7) is 0.236. The first-order chi connectivity index (χ1) is 9.61. The summed E-state index contributed by atoms with van der Waals surface area (Å²) in [5.74, 6) is -0.309. The van der Waals surface area contributed by atoms with Crippen molar-refractivity contribution < 1.29 is 9.53 Å². The van der Waals surface area contributed by atoms with Crippen molar-refractivity contribution in [3.05, 3.63) is 59.2 Å². The molecule has 0 aromatic heterocycles. The lowest BCUT2D eigenvalue weighted by Crippen LogP contribution is -2.14. The normalized spacial score (nSPS) is 9.75. The third-order valence-corrected chi connectivity index (χ3v) is 2.78. The fourth-order valence-electron chi connectivity index (χ4n) is 1.74. The second-order valence-corrected chi connectivity index (χ2v) is 4.19. The van der Waals surface area contributed by atoms with E-state index in [9.17, 15) is 4.79 Å². The van der Waals surface area contributed by atoms with E-state index in [0.717, 1.165) is 5.56 Å². The molecule has 2 rings (SSSR count). The summed E-state index contributed by atoms with van der Waals surface area (Å²) in [4.78, 5) is 11.3. The predicted octanol–water partition coefficient (Wildman–Crippen LogP) is 1.82. The average molecular weight is 267 g/mol. The van der Waals surface area contributed by atoms with Crippen molar-refractivity contribution in [1.82, 2.24) is 0 Å². The quantitative estimate of drug-likeness (QED) is 0.825. The van der Waals surface area contributed by atoms with Crippen LogP contribution in [0.2, 0.25) is 0 Å². The molecule has 2 aromatic rings.